The predicted octanol–water partition coefficient (Wildman–Crippen LogP) is 3.12. The summed E-state index contributed by atoms with van der Waals surface area (Å²) in [5, 5.41) is 17.9. The smallest absolute Gasteiger partial charge is 0.336 e. The van der Waals surface area contributed by atoms with Gasteiger partial charge in [-0.25, -0.2) is 9.59 Å². The Hall–Kier alpha value is -1.49. The van der Waals surface area contributed by atoms with Gasteiger partial charge in [-0.05, 0) is 29.9 Å². The van der Waals surface area contributed by atoms with E-state index >= 15 is 0 Å². The number of hydrogen-bond acceptors (Lipinski definition) is 3. The van der Waals surface area contributed by atoms with Crippen LogP contribution in [-0.4, -0.2) is 27.9 Å². The number of hydrogen-bond donors (Lipinski definition) is 2. The summed E-state index contributed by atoms with van der Waals surface area (Å²) in [6.07, 6.45) is 2.21. The molecule has 1 aromatic rings. The lowest BCUT2D eigenvalue weighted by Gasteiger charge is -2.07. The highest BCUT2D eigenvalue weighted by Gasteiger charge is 2.13. The summed E-state index contributed by atoms with van der Waals surface area (Å²) in [6.45, 7) is 2.10. The van der Waals surface area contributed by atoms with Crippen molar-refractivity contribution >= 4 is 23.7 Å². The van der Waals surface area contributed by atoms with Crippen molar-refractivity contribution in [3.8, 4) is 0 Å². The summed E-state index contributed by atoms with van der Waals surface area (Å²) in [5.74, 6) is -0.607. The number of benzene rings is 1. The van der Waals surface area contributed by atoms with Crippen LogP contribution in [0, 0.1) is 0 Å². The Balaban J connectivity index is 2.83. The molecule has 1 rings (SSSR count). The first-order valence-electron chi connectivity index (χ1n) is 5.73. The number of carboxylic acids is 2. The van der Waals surface area contributed by atoms with Crippen molar-refractivity contribution in [2.24, 2.45) is 0 Å². The summed E-state index contributed by atoms with van der Waals surface area (Å²) < 4.78 is 0. The zero-order valence-electron chi connectivity index (χ0n) is 10.2. The van der Waals surface area contributed by atoms with Gasteiger partial charge in [0.25, 0.3) is 0 Å². The fourth-order valence-corrected chi connectivity index (χ4v) is 2.57. The Bertz CT molecular complexity index is 443. The van der Waals surface area contributed by atoms with Gasteiger partial charge in [-0.1, -0.05) is 19.4 Å². The molecule has 1 aromatic carbocycles. The monoisotopic (exact) mass is 268 g/mol. The SMILES string of the molecule is CCCCSCc1ccc(C(=O)O)cc1C(=O)O. The molecule has 0 aliphatic heterocycles. The molecule has 0 spiro atoms. The second-order valence-corrected chi connectivity index (χ2v) is 4.99. The van der Waals surface area contributed by atoms with Gasteiger partial charge < -0.3 is 10.2 Å². The topological polar surface area (TPSA) is 74.6 Å². The molecule has 0 aromatic heterocycles. The molecule has 0 aliphatic carbocycles. The summed E-state index contributed by atoms with van der Waals surface area (Å²) in [5.41, 5.74) is 0.766. The lowest BCUT2D eigenvalue weighted by molar-refractivity contribution is 0.0695. The van der Waals surface area contributed by atoms with Crippen molar-refractivity contribution in [1.82, 2.24) is 0 Å². The van der Waals surface area contributed by atoms with Crippen molar-refractivity contribution in [3.05, 3.63) is 34.9 Å². The van der Waals surface area contributed by atoms with Crippen LogP contribution in [0.4, 0.5) is 0 Å². The Kier molecular flexibility index (Phi) is 5.71. The van der Waals surface area contributed by atoms with Crippen LogP contribution in [0.2, 0.25) is 0 Å². The molecule has 2 N–H and O–H groups in total. The highest BCUT2D eigenvalue weighted by atomic mass is 32.2. The van der Waals surface area contributed by atoms with E-state index in [9.17, 15) is 9.59 Å². The lowest BCUT2D eigenvalue weighted by atomic mass is 10.1. The number of unbranched alkanes of at least 4 members (excludes halogenated alkanes) is 1. The highest BCUT2D eigenvalue weighted by molar-refractivity contribution is 7.98. The molecule has 0 aliphatic rings. The van der Waals surface area contributed by atoms with Crippen molar-refractivity contribution in [3.63, 3.8) is 0 Å². The van der Waals surface area contributed by atoms with Gasteiger partial charge in [-0.2, -0.15) is 11.8 Å². The van der Waals surface area contributed by atoms with E-state index in [1.807, 2.05) is 0 Å². The minimum absolute atomic E-state index is 0.00899. The van der Waals surface area contributed by atoms with Crippen LogP contribution in [0.15, 0.2) is 18.2 Å². The fourth-order valence-electron chi connectivity index (χ4n) is 1.46. The van der Waals surface area contributed by atoms with E-state index in [0.717, 1.165) is 18.6 Å². The van der Waals surface area contributed by atoms with Gasteiger partial charge in [-0.15, -0.1) is 0 Å². The van der Waals surface area contributed by atoms with Gasteiger partial charge in [-0.3, -0.25) is 0 Å². The number of rotatable bonds is 7. The summed E-state index contributed by atoms with van der Waals surface area (Å²) >= 11 is 1.67. The molecule has 0 bridgehead atoms. The Morgan fingerprint density at radius 1 is 1.22 bits per heavy atom. The molecule has 0 radical (unpaired) electrons. The molecule has 0 amide bonds. The maximum Gasteiger partial charge on any atom is 0.336 e. The van der Waals surface area contributed by atoms with Crippen molar-refractivity contribution in [2.45, 2.75) is 25.5 Å². The zero-order chi connectivity index (χ0) is 13.5. The van der Waals surface area contributed by atoms with Gasteiger partial charge in [0.15, 0.2) is 0 Å². The van der Waals surface area contributed by atoms with Crippen LogP contribution >= 0.6 is 11.8 Å². The molecule has 18 heavy (non-hydrogen) atoms. The Labute approximate surface area is 110 Å². The average Bonchev–Trinajstić information content (AvgIpc) is 2.34. The molecule has 0 saturated heterocycles. The number of thioether (sulfide) groups is 1. The van der Waals surface area contributed by atoms with Gasteiger partial charge in [0.05, 0.1) is 11.1 Å². The van der Waals surface area contributed by atoms with E-state index in [1.165, 1.54) is 12.1 Å². The van der Waals surface area contributed by atoms with Crippen LogP contribution in [0.5, 0.6) is 0 Å². The molecule has 5 heteroatoms. The quantitative estimate of drug-likeness (QED) is 0.743. The largest absolute Gasteiger partial charge is 0.478 e. The maximum absolute atomic E-state index is 11.1. The van der Waals surface area contributed by atoms with Crippen molar-refractivity contribution in [1.29, 1.82) is 0 Å². The maximum atomic E-state index is 11.1. The van der Waals surface area contributed by atoms with E-state index < -0.39 is 11.9 Å². The first kappa shape index (κ1) is 14.6. The first-order chi connectivity index (χ1) is 8.56. The van der Waals surface area contributed by atoms with Gasteiger partial charge in [0, 0.05) is 5.75 Å². The van der Waals surface area contributed by atoms with E-state index in [2.05, 4.69) is 6.92 Å². The van der Waals surface area contributed by atoms with E-state index in [-0.39, 0.29) is 11.1 Å². The highest BCUT2D eigenvalue weighted by Crippen LogP contribution is 2.19. The van der Waals surface area contributed by atoms with Gasteiger partial charge in [0.1, 0.15) is 0 Å². The van der Waals surface area contributed by atoms with E-state index in [1.54, 1.807) is 17.8 Å². The van der Waals surface area contributed by atoms with Crippen molar-refractivity contribution < 1.29 is 19.8 Å². The third kappa shape index (κ3) is 4.07. The minimum atomic E-state index is -1.11. The van der Waals surface area contributed by atoms with E-state index in [4.69, 9.17) is 10.2 Å². The molecule has 0 unspecified atom stereocenters. The van der Waals surface area contributed by atoms with Crippen LogP contribution in [0.3, 0.4) is 0 Å². The number of carboxylic acid groups (broad SMARTS) is 2. The third-order valence-corrected chi connectivity index (χ3v) is 3.58. The summed E-state index contributed by atoms with van der Waals surface area (Å²) in [7, 11) is 0. The standard InChI is InChI=1S/C13H16O4S/c1-2-3-6-18-8-10-5-4-9(12(14)15)7-11(10)13(16)17/h4-5,7H,2-3,6,8H2,1H3,(H,14,15)(H,16,17). The number of aromatic carboxylic acids is 2. The fraction of sp³-hybridized carbons (Fsp3) is 0.385. The molecular formula is C13H16O4S. The van der Waals surface area contributed by atoms with Crippen LogP contribution < -0.4 is 0 Å². The van der Waals surface area contributed by atoms with Gasteiger partial charge >= 0.3 is 11.9 Å². The molecule has 4 nitrogen and oxygen atoms in total. The third-order valence-electron chi connectivity index (χ3n) is 2.49. The van der Waals surface area contributed by atoms with Crippen LogP contribution in [0.1, 0.15) is 46.0 Å². The Morgan fingerprint density at radius 2 is 1.94 bits per heavy atom. The summed E-state index contributed by atoms with van der Waals surface area (Å²) in [6, 6.07) is 4.26. The van der Waals surface area contributed by atoms with Crippen LogP contribution in [-0.2, 0) is 5.75 Å². The lowest BCUT2D eigenvalue weighted by Crippen LogP contribution is -2.05. The second kappa shape index (κ2) is 7.06. The Morgan fingerprint density at radius 3 is 2.50 bits per heavy atom. The molecule has 0 saturated carbocycles. The van der Waals surface area contributed by atoms with Crippen LogP contribution in [0.25, 0.3) is 0 Å². The zero-order valence-corrected chi connectivity index (χ0v) is 11.0. The molecular weight excluding hydrogens is 252 g/mol. The number of carbonyl (C=O) groups is 2. The average molecular weight is 268 g/mol. The van der Waals surface area contributed by atoms with E-state index in [0.29, 0.717) is 11.3 Å². The molecule has 0 atom stereocenters. The van der Waals surface area contributed by atoms with Crippen molar-refractivity contribution in [2.75, 3.05) is 5.75 Å². The second-order valence-electron chi connectivity index (χ2n) is 3.89. The first-order valence-corrected chi connectivity index (χ1v) is 6.89. The predicted molar refractivity (Wildman–Crippen MR) is 71.4 cm³/mol. The van der Waals surface area contributed by atoms with Gasteiger partial charge in [0.2, 0.25) is 0 Å². The summed E-state index contributed by atoms with van der Waals surface area (Å²) in [4.78, 5) is 21.9. The molecule has 98 valence electrons. The molecule has 0 heterocycles. The normalized spacial score (nSPS) is 10.3. The molecule has 0 fully saturated rings. The minimum Gasteiger partial charge on any atom is -0.478 e.